The molecule has 0 aromatic heterocycles. The van der Waals surface area contributed by atoms with Crippen molar-refractivity contribution < 1.29 is 38.1 Å². The first kappa shape index (κ1) is 39.8. The van der Waals surface area contributed by atoms with Gasteiger partial charge in [-0.1, -0.05) is 103 Å². The van der Waals surface area contributed by atoms with Crippen LogP contribution in [0.4, 0.5) is 4.79 Å². The van der Waals surface area contributed by atoms with Crippen LogP contribution in [0.2, 0.25) is 0 Å². The van der Waals surface area contributed by atoms with Crippen molar-refractivity contribution in [3.05, 3.63) is 155 Å². The highest BCUT2D eigenvalue weighted by molar-refractivity contribution is 5.81. The Bertz CT molecular complexity index is 1970. The van der Waals surface area contributed by atoms with E-state index in [0.717, 1.165) is 27.8 Å². The van der Waals surface area contributed by atoms with Crippen molar-refractivity contribution in [2.75, 3.05) is 34.0 Å². The maximum Gasteiger partial charge on any atom is 0.407 e. The van der Waals surface area contributed by atoms with Crippen molar-refractivity contribution in [2.45, 2.75) is 56.7 Å². The van der Waals surface area contributed by atoms with Gasteiger partial charge in [-0.2, -0.15) is 0 Å². The fourth-order valence-electron chi connectivity index (χ4n) is 7.33. The molecular weight excluding hydrogens is 707 g/mol. The molecule has 9 nitrogen and oxygen atoms in total. The van der Waals surface area contributed by atoms with Crippen LogP contribution in [0.15, 0.2) is 127 Å². The summed E-state index contributed by atoms with van der Waals surface area (Å²) in [4.78, 5) is 37.5. The number of ketones is 1. The van der Waals surface area contributed by atoms with Gasteiger partial charge < -0.3 is 33.8 Å². The lowest BCUT2D eigenvalue weighted by Crippen LogP contribution is -2.37. The highest BCUT2D eigenvalue weighted by atomic mass is 16.6. The molecule has 0 radical (unpaired) electrons. The predicted molar refractivity (Wildman–Crippen MR) is 215 cm³/mol. The summed E-state index contributed by atoms with van der Waals surface area (Å²) in [6.45, 7) is 2.13. The fourth-order valence-corrected chi connectivity index (χ4v) is 7.33. The van der Waals surface area contributed by atoms with Gasteiger partial charge in [0.2, 0.25) is 0 Å². The lowest BCUT2D eigenvalue weighted by Gasteiger charge is -2.37. The number of amides is 1. The Morgan fingerprint density at radius 2 is 1.20 bits per heavy atom. The molecule has 9 heteroatoms. The second-order valence-electron chi connectivity index (χ2n) is 13.9. The van der Waals surface area contributed by atoms with E-state index in [-0.39, 0.29) is 37.8 Å². The van der Waals surface area contributed by atoms with Gasteiger partial charge in [0.05, 0.1) is 27.2 Å². The molecule has 1 aliphatic rings. The molecule has 5 aromatic rings. The molecule has 1 amide bonds. The Kier molecular flexibility index (Phi) is 13.6. The summed E-state index contributed by atoms with van der Waals surface area (Å²) in [7, 11) is 3.25. The van der Waals surface area contributed by atoms with Gasteiger partial charge in [0.15, 0.2) is 0 Å². The van der Waals surface area contributed by atoms with Crippen LogP contribution in [-0.2, 0) is 29.4 Å². The summed E-state index contributed by atoms with van der Waals surface area (Å²) in [5, 5.41) is 2.88. The van der Waals surface area contributed by atoms with Crippen LogP contribution < -0.4 is 14.8 Å². The molecule has 0 heterocycles. The molecule has 0 spiro atoms. The highest BCUT2D eigenvalue weighted by Crippen LogP contribution is 2.45. The summed E-state index contributed by atoms with van der Waals surface area (Å²) >= 11 is 0. The number of rotatable bonds is 19. The Balaban J connectivity index is 1.13. The third-order valence-corrected chi connectivity index (χ3v) is 10.2. The average molecular weight is 756 g/mol. The Morgan fingerprint density at radius 1 is 0.661 bits per heavy atom. The molecular formula is C47H49NO8. The van der Waals surface area contributed by atoms with E-state index in [1.165, 1.54) is 18.1 Å². The van der Waals surface area contributed by atoms with Gasteiger partial charge in [-0.3, -0.25) is 4.79 Å². The number of carbonyl (C=O) groups is 3. The minimum Gasteiger partial charge on any atom is -0.497 e. The molecule has 1 aliphatic carbocycles. The van der Waals surface area contributed by atoms with E-state index < -0.39 is 23.8 Å². The Hall–Kier alpha value is -5.93. The van der Waals surface area contributed by atoms with Crippen molar-refractivity contribution in [3.8, 4) is 22.6 Å². The minimum atomic E-state index is -1.10. The van der Waals surface area contributed by atoms with Crippen molar-refractivity contribution in [1.82, 2.24) is 5.32 Å². The molecule has 0 bridgehead atoms. The van der Waals surface area contributed by atoms with Crippen LogP contribution >= 0.6 is 0 Å². The van der Waals surface area contributed by atoms with Gasteiger partial charge >= 0.3 is 12.1 Å². The lowest BCUT2D eigenvalue weighted by molar-refractivity contribution is -0.156. The molecule has 1 atom stereocenters. The molecule has 0 fully saturated rings. The summed E-state index contributed by atoms with van der Waals surface area (Å²) in [6.07, 6.45) is 0.678. The number of hydrogen-bond donors (Lipinski definition) is 1. The second kappa shape index (κ2) is 19.1. The van der Waals surface area contributed by atoms with Crippen LogP contribution in [0.25, 0.3) is 11.1 Å². The van der Waals surface area contributed by atoms with Gasteiger partial charge in [-0.25, -0.2) is 4.79 Å². The van der Waals surface area contributed by atoms with E-state index in [4.69, 9.17) is 23.7 Å². The average Bonchev–Trinajstić information content (AvgIpc) is 3.56. The number of benzene rings is 5. The SMILES string of the molecule is COc1ccc(C(OCC(CCCCNC(=O)OCC2c3ccccc3-c3ccccc32)OC(=O)CCC(C)=O)(c2ccccc2)c2ccc(OC)cc2)cc1. The van der Waals surface area contributed by atoms with Crippen LogP contribution in [0.1, 0.15) is 72.8 Å². The van der Waals surface area contributed by atoms with Gasteiger partial charge in [0.1, 0.15) is 35.6 Å². The molecule has 0 aliphatic heterocycles. The number of carbonyl (C=O) groups excluding carboxylic acids is 3. The zero-order chi connectivity index (χ0) is 39.3. The van der Waals surface area contributed by atoms with Crippen molar-refractivity contribution in [3.63, 3.8) is 0 Å². The topological polar surface area (TPSA) is 109 Å². The standard InChI is InChI=1S/C47H49NO8/c1-33(49)20-29-45(50)56-39(15-11-12-30-48-46(51)54-32-44-42-18-9-7-16-40(42)41-17-8-10-19-43(41)44)31-55-47(34-13-5-4-6-14-34,35-21-25-37(52-2)26-22-35)36-23-27-38(53-3)28-24-36/h4-10,13-14,16-19,21-28,39,44H,11-12,15,20,29-32H2,1-3H3,(H,48,51). The van der Waals surface area contributed by atoms with Crippen molar-refractivity contribution >= 4 is 17.8 Å². The first-order chi connectivity index (χ1) is 27.3. The zero-order valence-electron chi connectivity index (χ0n) is 32.2. The van der Waals surface area contributed by atoms with E-state index in [1.807, 2.05) is 103 Å². The molecule has 1 unspecified atom stereocenters. The molecule has 56 heavy (non-hydrogen) atoms. The quantitative estimate of drug-likeness (QED) is 0.0506. The summed E-state index contributed by atoms with van der Waals surface area (Å²) in [6, 6.07) is 41.8. The van der Waals surface area contributed by atoms with Gasteiger partial charge in [-0.05, 0) is 89.4 Å². The van der Waals surface area contributed by atoms with E-state index in [1.54, 1.807) is 14.2 Å². The van der Waals surface area contributed by atoms with Crippen LogP contribution in [-0.4, -0.2) is 57.9 Å². The maximum atomic E-state index is 13.0. The summed E-state index contributed by atoms with van der Waals surface area (Å²) < 4.78 is 29.7. The van der Waals surface area contributed by atoms with Gasteiger partial charge in [0.25, 0.3) is 0 Å². The lowest BCUT2D eigenvalue weighted by atomic mass is 9.80. The zero-order valence-corrected chi connectivity index (χ0v) is 32.2. The number of hydrogen-bond acceptors (Lipinski definition) is 8. The normalized spacial score (nSPS) is 12.6. The first-order valence-corrected chi connectivity index (χ1v) is 19.1. The number of nitrogens with one attached hydrogen (secondary N) is 1. The fraction of sp³-hybridized carbons (Fsp3) is 0.298. The maximum absolute atomic E-state index is 13.0. The third kappa shape index (κ3) is 9.47. The first-order valence-electron chi connectivity index (χ1n) is 19.1. The number of ether oxygens (including phenoxy) is 5. The Morgan fingerprint density at radius 3 is 1.75 bits per heavy atom. The number of methoxy groups -OCH3 is 2. The minimum absolute atomic E-state index is 0.0179. The van der Waals surface area contributed by atoms with E-state index >= 15 is 0 Å². The third-order valence-electron chi connectivity index (χ3n) is 10.2. The molecule has 1 N–H and O–H groups in total. The van der Waals surface area contributed by atoms with E-state index in [9.17, 15) is 14.4 Å². The molecule has 6 rings (SSSR count). The largest absolute Gasteiger partial charge is 0.497 e. The highest BCUT2D eigenvalue weighted by Gasteiger charge is 2.39. The van der Waals surface area contributed by atoms with E-state index in [0.29, 0.717) is 37.3 Å². The van der Waals surface area contributed by atoms with Crippen molar-refractivity contribution in [1.29, 1.82) is 0 Å². The number of esters is 1. The molecule has 290 valence electrons. The molecule has 0 saturated heterocycles. The smallest absolute Gasteiger partial charge is 0.407 e. The summed E-state index contributed by atoms with van der Waals surface area (Å²) in [5.74, 6) is 0.829. The van der Waals surface area contributed by atoms with E-state index in [2.05, 4.69) is 29.6 Å². The Labute approximate surface area is 328 Å². The van der Waals surface area contributed by atoms with Crippen LogP contribution in [0.5, 0.6) is 11.5 Å². The van der Waals surface area contributed by atoms with Crippen LogP contribution in [0.3, 0.4) is 0 Å². The monoisotopic (exact) mass is 755 g/mol. The summed E-state index contributed by atoms with van der Waals surface area (Å²) in [5.41, 5.74) is 6.13. The van der Waals surface area contributed by atoms with Gasteiger partial charge in [0, 0.05) is 18.9 Å². The number of unbranched alkanes of at least 4 members (excludes halogenated alkanes) is 1. The molecule has 0 saturated carbocycles. The number of fused-ring (bicyclic) bond motifs is 3. The van der Waals surface area contributed by atoms with Crippen molar-refractivity contribution in [2.24, 2.45) is 0 Å². The predicted octanol–water partition coefficient (Wildman–Crippen LogP) is 9.00. The van der Waals surface area contributed by atoms with Crippen LogP contribution in [0, 0.1) is 0 Å². The number of Topliss-reactive ketones (excluding diaryl/α,β-unsaturated/α-hetero) is 1. The second-order valence-corrected chi connectivity index (χ2v) is 13.9. The molecule has 5 aromatic carbocycles. The van der Waals surface area contributed by atoms with Gasteiger partial charge in [-0.15, -0.1) is 0 Å². The number of alkyl carbamates (subject to hydrolysis) is 1.